The van der Waals surface area contributed by atoms with Crippen LogP contribution in [0.3, 0.4) is 0 Å². The second-order valence-corrected chi connectivity index (χ2v) is 3.78. The van der Waals surface area contributed by atoms with Crippen LogP contribution < -0.4 is 0 Å². The highest BCUT2D eigenvalue weighted by atomic mass is 16.1. The van der Waals surface area contributed by atoms with Gasteiger partial charge >= 0.3 is 0 Å². The van der Waals surface area contributed by atoms with Crippen molar-refractivity contribution < 1.29 is 9.59 Å². The minimum atomic E-state index is 0.540. The van der Waals surface area contributed by atoms with Gasteiger partial charge in [0.05, 0.1) is 0 Å². The van der Waals surface area contributed by atoms with E-state index < -0.39 is 0 Å². The Kier molecular flexibility index (Phi) is 3.82. The first kappa shape index (κ1) is 12.0. The third-order valence-electron chi connectivity index (χ3n) is 2.53. The van der Waals surface area contributed by atoms with Gasteiger partial charge in [0.15, 0.2) is 0 Å². The van der Waals surface area contributed by atoms with Crippen LogP contribution in [0.1, 0.15) is 22.3 Å². The number of carbonyl (C=O) groups excluding carboxylic acids is 2. The lowest BCUT2D eigenvalue weighted by molar-refractivity contribution is 0.562. The third kappa shape index (κ3) is 3.01. The van der Waals surface area contributed by atoms with Crippen LogP contribution in [0.4, 0.5) is 0 Å². The molecule has 2 aromatic carbocycles. The second kappa shape index (κ2) is 5.73. The van der Waals surface area contributed by atoms with Crippen molar-refractivity contribution >= 4 is 24.7 Å². The lowest BCUT2D eigenvalue weighted by Gasteiger charge is -1.95. The maximum absolute atomic E-state index is 10.4. The molecule has 0 N–H and O–H groups in total. The van der Waals surface area contributed by atoms with Gasteiger partial charge in [-0.2, -0.15) is 0 Å². The summed E-state index contributed by atoms with van der Waals surface area (Å²) in [7, 11) is 0. The van der Waals surface area contributed by atoms with Gasteiger partial charge in [0, 0.05) is 11.1 Å². The zero-order valence-corrected chi connectivity index (χ0v) is 9.59. The molecule has 86 valence electrons. The molecule has 0 atom stereocenters. The summed E-state index contributed by atoms with van der Waals surface area (Å²) in [6, 6.07) is 14.3. The molecule has 0 aromatic heterocycles. The van der Waals surface area contributed by atoms with Crippen LogP contribution in [0.5, 0.6) is 0 Å². The number of hydrogen-bond acceptors (Lipinski definition) is 2. The van der Waals surface area contributed by atoms with E-state index >= 15 is 0 Å². The Hall–Kier alpha value is -2.48. The van der Waals surface area contributed by atoms with E-state index in [1.54, 1.807) is 24.3 Å². The molecule has 0 fully saturated rings. The fraction of sp³-hybridized carbons (Fsp3) is 0. The van der Waals surface area contributed by atoms with Crippen LogP contribution >= 0.6 is 0 Å². The molecule has 0 unspecified atom stereocenters. The Labute approximate surface area is 106 Å². The first-order valence-corrected chi connectivity index (χ1v) is 5.46. The van der Waals surface area contributed by atoms with Crippen molar-refractivity contribution in [1.82, 2.24) is 0 Å². The molecule has 0 bridgehead atoms. The Morgan fingerprint density at radius 2 is 0.944 bits per heavy atom. The van der Waals surface area contributed by atoms with Crippen LogP contribution in [-0.2, 0) is 9.59 Å². The summed E-state index contributed by atoms with van der Waals surface area (Å²) in [4.78, 5) is 20.8. The Morgan fingerprint density at radius 3 is 1.22 bits per heavy atom. The lowest BCUT2D eigenvalue weighted by atomic mass is 10.1. The predicted octanol–water partition coefficient (Wildman–Crippen LogP) is 2.77. The van der Waals surface area contributed by atoms with E-state index in [1.807, 2.05) is 49.0 Å². The Morgan fingerprint density at radius 1 is 0.611 bits per heavy atom. The van der Waals surface area contributed by atoms with E-state index in [-0.39, 0.29) is 0 Å². The van der Waals surface area contributed by atoms with Crippen LogP contribution in [0.2, 0.25) is 0 Å². The van der Waals surface area contributed by atoms with Crippen molar-refractivity contribution in [3.05, 3.63) is 70.8 Å². The molecular weight excluding hydrogens is 224 g/mol. The molecule has 0 aliphatic carbocycles. The van der Waals surface area contributed by atoms with E-state index in [2.05, 4.69) is 0 Å². The van der Waals surface area contributed by atoms with Crippen LogP contribution in [0, 0.1) is 0 Å². The van der Waals surface area contributed by atoms with Gasteiger partial charge in [0.2, 0.25) is 12.6 Å². The van der Waals surface area contributed by atoms with E-state index in [0.29, 0.717) is 11.1 Å². The fourth-order valence-corrected chi connectivity index (χ4v) is 1.52. The number of benzene rings is 2. The lowest BCUT2D eigenvalue weighted by Crippen LogP contribution is -1.80. The third-order valence-corrected chi connectivity index (χ3v) is 2.53. The van der Waals surface area contributed by atoms with Gasteiger partial charge in [-0.15, -0.1) is 0 Å². The number of hydrogen-bond donors (Lipinski definition) is 0. The Balaban J connectivity index is 2.13. The Bertz CT molecular complexity index is 510. The normalized spacial score (nSPS) is 10.4. The highest BCUT2D eigenvalue weighted by Crippen LogP contribution is 2.09. The van der Waals surface area contributed by atoms with Crippen molar-refractivity contribution in [3.8, 4) is 0 Å². The molecule has 0 heterocycles. The van der Waals surface area contributed by atoms with Crippen molar-refractivity contribution in [3.63, 3.8) is 0 Å². The largest absolute Gasteiger partial charge is 0.285 e. The van der Waals surface area contributed by atoms with Crippen molar-refractivity contribution in [2.24, 2.45) is 0 Å². The molecule has 2 rings (SSSR count). The van der Waals surface area contributed by atoms with Gasteiger partial charge in [0.1, 0.15) is 0 Å². The van der Waals surface area contributed by atoms with Crippen LogP contribution in [0.15, 0.2) is 48.5 Å². The molecule has 0 saturated carbocycles. The molecule has 0 amide bonds. The molecule has 2 heteroatoms. The van der Waals surface area contributed by atoms with Crippen molar-refractivity contribution in [1.29, 1.82) is 0 Å². The molecule has 0 spiro atoms. The van der Waals surface area contributed by atoms with Gasteiger partial charge in [-0.05, 0) is 11.1 Å². The topological polar surface area (TPSA) is 34.1 Å². The van der Waals surface area contributed by atoms with Crippen LogP contribution in [-0.4, -0.2) is 12.6 Å². The quantitative estimate of drug-likeness (QED) is 0.762. The highest BCUT2D eigenvalue weighted by molar-refractivity contribution is 5.78. The second-order valence-electron chi connectivity index (χ2n) is 3.78. The SMILES string of the molecule is O=[C]c1ccc(C=Cc2ccc([C]=O)cc2)cc1. The molecule has 2 aromatic rings. The van der Waals surface area contributed by atoms with E-state index in [9.17, 15) is 9.59 Å². The van der Waals surface area contributed by atoms with Crippen molar-refractivity contribution in [2.75, 3.05) is 0 Å². The average Bonchev–Trinajstić information content (AvgIpc) is 2.46. The predicted molar refractivity (Wildman–Crippen MR) is 71.4 cm³/mol. The summed E-state index contributed by atoms with van der Waals surface area (Å²) in [5.74, 6) is 0. The van der Waals surface area contributed by atoms with E-state index in [4.69, 9.17) is 0 Å². The van der Waals surface area contributed by atoms with Gasteiger partial charge in [-0.25, -0.2) is 0 Å². The van der Waals surface area contributed by atoms with Gasteiger partial charge in [0.25, 0.3) is 0 Å². The summed E-state index contributed by atoms with van der Waals surface area (Å²) in [5.41, 5.74) is 3.08. The average molecular weight is 234 g/mol. The summed E-state index contributed by atoms with van der Waals surface area (Å²) >= 11 is 0. The monoisotopic (exact) mass is 234 g/mol. The molecule has 2 radical (unpaired) electrons. The fourth-order valence-electron chi connectivity index (χ4n) is 1.52. The molecule has 0 aliphatic rings. The smallest absolute Gasteiger partial charge is 0.233 e. The van der Waals surface area contributed by atoms with Crippen LogP contribution in [0.25, 0.3) is 12.2 Å². The van der Waals surface area contributed by atoms with Gasteiger partial charge in [-0.1, -0.05) is 60.7 Å². The minimum absolute atomic E-state index is 0.540. The maximum atomic E-state index is 10.4. The first-order valence-electron chi connectivity index (χ1n) is 5.46. The van der Waals surface area contributed by atoms with Gasteiger partial charge < -0.3 is 0 Å². The molecular formula is C16H10O2. The maximum Gasteiger partial charge on any atom is 0.233 e. The molecule has 0 saturated heterocycles. The summed E-state index contributed by atoms with van der Waals surface area (Å²) < 4.78 is 0. The highest BCUT2D eigenvalue weighted by Gasteiger charge is 1.92. The zero-order chi connectivity index (χ0) is 12.8. The minimum Gasteiger partial charge on any atom is -0.285 e. The van der Waals surface area contributed by atoms with Crippen molar-refractivity contribution in [2.45, 2.75) is 0 Å². The molecule has 2 nitrogen and oxygen atoms in total. The zero-order valence-electron chi connectivity index (χ0n) is 9.59. The van der Waals surface area contributed by atoms with Gasteiger partial charge in [-0.3, -0.25) is 9.59 Å². The first-order chi connectivity index (χ1) is 8.81. The number of rotatable bonds is 4. The molecule has 18 heavy (non-hydrogen) atoms. The van der Waals surface area contributed by atoms with E-state index in [1.165, 1.54) is 0 Å². The van der Waals surface area contributed by atoms with E-state index in [0.717, 1.165) is 11.1 Å². The standard InChI is InChI=1S/C16H10O2/c17-11-15-7-3-13(4-8-15)1-2-14-5-9-16(12-18)10-6-14/h1-10H. The summed E-state index contributed by atoms with van der Waals surface area (Å²) in [6.07, 6.45) is 7.54. The summed E-state index contributed by atoms with van der Waals surface area (Å²) in [5, 5.41) is 0. The summed E-state index contributed by atoms with van der Waals surface area (Å²) in [6.45, 7) is 0. The molecule has 0 aliphatic heterocycles.